The molecule has 0 radical (unpaired) electrons. The molecule has 0 aromatic carbocycles. The van der Waals surface area contributed by atoms with Crippen molar-refractivity contribution in [2.45, 2.75) is 116 Å². The van der Waals surface area contributed by atoms with Crippen LogP contribution < -0.4 is 0 Å². The van der Waals surface area contributed by atoms with Crippen molar-refractivity contribution in [3.05, 3.63) is 11.6 Å². The molecule has 0 aromatic heterocycles. The molecule has 3 aliphatic carbocycles. The summed E-state index contributed by atoms with van der Waals surface area (Å²) in [6, 6.07) is 0. The Morgan fingerprint density at radius 2 is 1.86 bits per heavy atom. The van der Waals surface area contributed by atoms with Gasteiger partial charge in [-0.15, -0.1) is 5.92 Å². The van der Waals surface area contributed by atoms with Gasteiger partial charge in [-0.1, -0.05) is 45.5 Å². The van der Waals surface area contributed by atoms with Gasteiger partial charge >= 0.3 is 11.9 Å². The van der Waals surface area contributed by atoms with E-state index in [0.29, 0.717) is 44.6 Å². The Morgan fingerprint density at radius 1 is 1.09 bits per heavy atom. The highest BCUT2D eigenvalue weighted by Crippen LogP contribution is 2.70. The lowest BCUT2D eigenvalue weighted by Gasteiger charge is -2.69. The standard InChI is InChI=1S/C30H42O5/c1-27-14-8-7-12-24(31)35-23(19-27)26-28(2,22-10-5-4-6-11-22)15-9-16-29(26,3)30(27,33)17-13-21-18-25(32)34-20-21/h18,22-23,26,33H,4-7,9-13,15-17,19-20H2,1-3H3. The van der Waals surface area contributed by atoms with Crippen LogP contribution in [0.2, 0.25) is 0 Å². The summed E-state index contributed by atoms with van der Waals surface area (Å²) in [4.78, 5) is 24.5. The topological polar surface area (TPSA) is 72.8 Å². The highest BCUT2D eigenvalue weighted by molar-refractivity contribution is 5.85. The van der Waals surface area contributed by atoms with Gasteiger partial charge in [0, 0.05) is 30.3 Å². The molecule has 2 aliphatic heterocycles. The quantitative estimate of drug-likeness (QED) is 0.424. The molecular weight excluding hydrogens is 440 g/mol. The lowest BCUT2D eigenvalue weighted by molar-refractivity contribution is -0.276. The molecule has 5 rings (SSSR count). The van der Waals surface area contributed by atoms with Crippen molar-refractivity contribution in [3.63, 3.8) is 0 Å². The molecule has 1 N–H and O–H groups in total. The second-order valence-electron chi connectivity index (χ2n) is 12.7. The van der Waals surface area contributed by atoms with Crippen molar-refractivity contribution < 1.29 is 24.2 Å². The number of rotatable bonds is 4. The van der Waals surface area contributed by atoms with Crippen LogP contribution in [-0.4, -0.2) is 35.4 Å². The molecule has 0 spiro atoms. The Kier molecular flexibility index (Phi) is 6.36. The van der Waals surface area contributed by atoms with Crippen LogP contribution in [0.15, 0.2) is 11.6 Å². The van der Waals surface area contributed by atoms with Gasteiger partial charge in [0.05, 0.1) is 17.4 Å². The number of carbonyl (C=O) groups is 2. The van der Waals surface area contributed by atoms with Crippen LogP contribution in [0, 0.1) is 39.9 Å². The largest absolute Gasteiger partial charge is 0.462 e. The molecule has 3 saturated carbocycles. The highest BCUT2D eigenvalue weighted by Gasteiger charge is 2.71. The van der Waals surface area contributed by atoms with Crippen molar-refractivity contribution in [3.8, 4) is 11.8 Å². The van der Waals surface area contributed by atoms with Gasteiger partial charge in [0.25, 0.3) is 0 Å². The molecule has 2 bridgehead atoms. The molecule has 0 amide bonds. The Balaban J connectivity index is 1.60. The maximum Gasteiger partial charge on any atom is 0.331 e. The Morgan fingerprint density at radius 3 is 2.57 bits per heavy atom. The van der Waals surface area contributed by atoms with Gasteiger partial charge < -0.3 is 14.6 Å². The first kappa shape index (κ1) is 24.9. The SMILES string of the molecule is CC1(C2CCCCC2)CCCC2(C)C1C1CC(C)(C#CCCC(=O)O1)C2(O)CCC1=CC(=O)OC1. The van der Waals surface area contributed by atoms with Crippen LogP contribution >= 0.6 is 0 Å². The molecule has 6 atom stereocenters. The third-order valence-corrected chi connectivity index (χ3v) is 10.8. The molecule has 3 fully saturated rings. The summed E-state index contributed by atoms with van der Waals surface area (Å²) in [5.74, 6) is 6.96. The molecule has 35 heavy (non-hydrogen) atoms. The average Bonchev–Trinajstić information content (AvgIpc) is 3.26. The summed E-state index contributed by atoms with van der Waals surface area (Å²) in [5, 5.41) is 12.9. The fourth-order valence-electron chi connectivity index (χ4n) is 9.09. The second-order valence-corrected chi connectivity index (χ2v) is 12.7. The lowest BCUT2D eigenvalue weighted by atomic mass is 9.38. The summed E-state index contributed by atoms with van der Waals surface area (Å²) in [5.41, 5.74) is -1.24. The maximum atomic E-state index is 12.9. The zero-order chi connectivity index (χ0) is 24.9. The van der Waals surface area contributed by atoms with E-state index in [-0.39, 0.29) is 29.4 Å². The zero-order valence-corrected chi connectivity index (χ0v) is 21.8. The number of esters is 2. The number of carbonyl (C=O) groups excluding carboxylic acids is 2. The van der Waals surface area contributed by atoms with Crippen molar-refractivity contribution in [2.75, 3.05) is 6.61 Å². The highest BCUT2D eigenvalue weighted by atomic mass is 16.5. The average molecular weight is 483 g/mol. The molecule has 2 heterocycles. The fraction of sp³-hybridized carbons (Fsp3) is 0.800. The van der Waals surface area contributed by atoms with Crippen LogP contribution in [-0.2, 0) is 19.1 Å². The van der Waals surface area contributed by atoms with Crippen LogP contribution in [0.5, 0.6) is 0 Å². The number of aliphatic hydroxyl groups is 1. The summed E-state index contributed by atoms with van der Waals surface area (Å²) in [6.45, 7) is 7.11. The Bertz CT molecular complexity index is 967. The number of hydrogen-bond acceptors (Lipinski definition) is 5. The zero-order valence-electron chi connectivity index (χ0n) is 21.8. The smallest absolute Gasteiger partial charge is 0.331 e. The second kappa shape index (κ2) is 8.94. The first-order valence-corrected chi connectivity index (χ1v) is 13.9. The van der Waals surface area contributed by atoms with Crippen LogP contribution in [0.25, 0.3) is 0 Å². The Labute approximate surface area is 210 Å². The van der Waals surface area contributed by atoms with E-state index < -0.39 is 16.4 Å². The predicted octanol–water partition coefficient (Wildman–Crippen LogP) is 5.49. The summed E-state index contributed by atoms with van der Waals surface area (Å²) >= 11 is 0. The third-order valence-electron chi connectivity index (χ3n) is 10.8. The maximum absolute atomic E-state index is 12.9. The van der Waals surface area contributed by atoms with E-state index in [1.54, 1.807) is 6.08 Å². The van der Waals surface area contributed by atoms with Crippen molar-refractivity contribution in [2.24, 2.45) is 28.1 Å². The van der Waals surface area contributed by atoms with Crippen LogP contribution in [0.3, 0.4) is 0 Å². The molecule has 192 valence electrons. The van der Waals surface area contributed by atoms with E-state index in [9.17, 15) is 14.7 Å². The van der Waals surface area contributed by atoms with Gasteiger partial charge in [0.2, 0.25) is 0 Å². The first-order chi connectivity index (χ1) is 16.6. The van der Waals surface area contributed by atoms with Gasteiger partial charge in [-0.2, -0.15) is 0 Å². The normalized spacial score (nSPS) is 43.9. The lowest BCUT2D eigenvalue weighted by Crippen LogP contribution is -2.71. The van der Waals surface area contributed by atoms with E-state index in [1.807, 2.05) is 0 Å². The van der Waals surface area contributed by atoms with E-state index in [0.717, 1.165) is 24.8 Å². The van der Waals surface area contributed by atoms with Gasteiger partial charge in [-0.25, -0.2) is 4.79 Å². The minimum atomic E-state index is -1.06. The molecule has 5 heteroatoms. The van der Waals surface area contributed by atoms with E-state index in [4.69, 9.17) is 9.47 Å². The van der Waals surface area contributed by atoms with Crippen LogP contribution in [0.4, 0.5) is 0 Å². The third kappa shape index (κ3) is 3.95. The summed E-state index contributed by atoms with van der Waals surface area (Å²) in [7, 11) is 0. The van der Waals surface area contributed by atoms with E-state index in [2.05, 4.69) is 32.6 Å². The molecule has 6 unspecified atom stereocenters. The molecule has 5 nitrogen and oxygen atoms in total. The molecule has 5 aliphatic rings. The van der Waals surface area contributed by atoms with Gasteiger partial charge in [-0.05, 0) is 62.4 Å². The predicted molar refractivity (Wildman–Crippen MR) is 133 cm³/mol. The summed E-state index contributed by atoms with van der Waals surface area (Å²) < 4.78 is 11.5. The van der Waals surface area contributed by atoms with E-state index in [1.165, 1.54) is 32.1 Å². The van der Waals surface area contributed by atoms with Gasteiger partial charge in [0.15, 0.2) is 0 Å². The van der Waals surface area contributed by atoms with Crippen LogP contribution in [0.1, 0.15) is 104 Å². The van der Waals surface area contributed by atoms with Gasteiger partial charge in [0.1, 0.15) is 12.7 Å². The monoisotopic (exact) mass is 482 g/mol. The molecule has 0 saturated heterocycles. The number of cyclic esters (lactones) is 1. The van der Waals surface area contributed by atoms with Gasteiger partial charge in [-0.3, -0.25) is 4.79 Å². The van der Waals surface area contributed by atoms with Crippen molar-refractivity contribution in [1.29, 1.82) is 0 Å². The number of ether oxygens (including phenoxy) is 2. The van der Waals surface area contributed by atoms with Crippen molar-refractivity contribution in [1.82, 2.24) is 0 Å². The molecule has 0 aromatic rings. The number of hydrogen-bond donors (Lipinski definition) is 1. The van der Waals surface area contributed by atoms with Crippen molar-refractivity contribution >= 4 is 11.9 Å². The molecular formula is C30H42O5. The van der Waals surface area contributed by atoms with E-state index >= 15 is 0 Å². The fourth-order valence-corrected chi connectivity index (χ4v) is 9.09. The minimum Gasteiger partial charge on any atom is -0.462 e. The minimum absolute atomic E-state index is 0.0147. The first-order valence-electron chi connectivity index (χ1n) is 13.9. The Hall–Kier alpha value is -1.80. The summed E-state index contributed by atoms with van der Waals surface area (Å²) in [6.07, 6.45) is 13.2. The number of fused-ring (bicyclic) bond motifs is 4.